The van der Waals surface area contributed by atoms with Crippen LogP contribution in [0, 0.1) is 18.3 Å². The first-order valence-electron chi connectivity index (χ1n) is 10.3. The molecule has 0 aromatic heterocycles. The Morgan fingerprint density at radius 3 is 2.60 bits per heavy atom. The lowest BCUT2D eigenvalue weighted by molar-refractivity contribution is -0.123. The van der Waals surface area contributed by atoms with Crippen molar-refractivity contribution in [2.45, 2.75) is 19.4 Å². The van der Waals surface area contributed by atoms with Gasteiger partial charge in [-0.25, -0.2) is 0 Å². The van der Waals surface area contributed by atoms with Crippen LogP contribution in [-0.2, 0) is 9.53 Å². The van der Waals surface area contributed by atoms with Crippen LogP contribution in [-0.4, -0.2) is 50.1 Å². The Bertz CT molecular complexity index is 1020. The molecule has 6 heteroatoms. The van der Waals surface area contributed by atoms with E-state index in [4.69, 9.17) is 10.00 Å². The predicted molar refractivity (Wildman–Crippen MR) is 118 cm³/mol. The summed E-state index contributed by atoms with van der Waals surface area (Å²) in [5.74, 6) is -0.0293. The van der Waals surface area contributed by atoms with Crippen molar-refractivity contribution in [2.75, 3.05) is 43.4 Å². The van der Waals surface area contributed by atoms with E-state index in [-0.39, 0.29) is 11.7 Å². The van der Waals surface area contributed by atoms with Crippen LogP contribution in [0.2, 0.25) is 0 Å². The zero-order chi connectivity index (χ0) is 21.1. The molecule has 0 bridgehead atoms. The number of nitrogens with zero attached hydrogens (tertiary/aromatic N) is 3. The molecule has 0 spiro atoms. The molecule has 1 atom stereocenters. The Labute approximate surface area is 177 Å². The number of hydrogen-bond donors (Lipinski definition) is 1. The number of allylic oxidation sites excluding steroid dienone is 1. The lowest BCUT2D eigenvalue weighted by atomic mass is 9.97. The first-order chi connectivity index (χ1) is 14.5. The number of carbonyl (C=O) groups is 1. The number of benzene rings is 2. The number of aryl methyl sites for hydroxylation is 1. The fourth-order valence-corrected chi connectivity index (χ4v) is 3.91. The van der Waals surface area contributed by atoms with Crippen LogP contribution in [0.25, 0.3) is 11.1 Å². The highest BCUT2D eigenvalue weighted by atomic mass is 16.5. The molecule has 1 saturated heterocycles. The average Bonchev–Trinajstić information content (AvgIpc) is 3.25. The highest BCUT2D eigenvalue weighted by Crippen LogP contribution is 2.35. The number of nitrogens with one attached hydrogen (secondary N) is 1. The number of anilines is 2. The van der Waals surface area contributed by atoms with E-state index in [9.17, 15) is 4.79 Å². The van der Waals surface area contributed by atoms with E-state index in [0.717, 1.165) is 54.2 Å². The molecule has 0 aliphatic carbocycles. The second-order valence-corrected chi connectivity index (χ2v) is 7.85. The maximum atomic E-state index is 12.8. The van der Waals surface area contributed by atoms with Crippen LogP contribution in [0.1, 0.15) is 12.0 Å². The number of rotatable bonds is 4. The van der Waals surface area contributed by atoms with E-state index in [2.05, 4.69) is 53.4 Å². The maximum Gasteiger partial charge on any atom is 0.265 e. The molecule has 2 aromatic rings. The predicted octanol–water partition coefficient (Wildman–Crippen LogP) is 3.55. The standard InChI is InChI=1S/C24H26N4O2/c1-17-5-3-4-6-20(17)21-15-18(28-13-11-27(2)12-14-28)7-9-22(21)26-24(29)23-10-8-19(16-25)30-23/h3-9,15,23H,10-14H2,1-2H3,(H,26,29). The van der Waals surface area contributed by atoms with Crippen molar-refractivity contribution >= 4 is 17.3 Å². The minimum absolute atomic E-state index is 0.208. The number of ether oxygens (including phenoxy) is 1. The third-order valence-corrected chi connectivity index (χ3v) is 5.75. The summed E-state index contributed by atoms with van der Waals surface area (Å²) in [6.07, 6.45) is 1.40. The van der Waals surface area contributed by atoms with Gasteiger partial charge >= 0.3 is 0 Å². The van der Waals surface area contributed by atoms with Crippen LogP contribution in [0.3, 0.4) is 0 Å². The number of hydrogen-bond acceptors (Lipinski definition) is 5. The Hall–Kier alpha value is -3.30. The summed E-state index contributed by atoms with van der Waals surface area (Å²) >= 11 is 0. The molecule has 2 aliphatic heterocycles. The van der Waals surface area contributed by atoms with E-state index in [1.54, 1.807) is 6.08 Å². The van der Waals surface area contributed by atoms with E-state index in [0.29, 0.717) is 6.42 Å². The number of amides is 1. The van der Waals surface area contributed by atoms with Gasteiger partial charge in [-0.2, -0.15) is 5.26 Å². The van der Waals surface area contributed by atoms with Crippen LogP contribution < -0.4 is 10.2 Å². The lowest BCUT2D eigenvalue weighted by Gasteiger charge is -2.34. The van der Waals surface area contributed by atoms with Crippen LogP contribution in [0.15, 0.2) is 54.3 Å². The summed E-state index contributed by atoms with van der Waals surface area (Å²) in [4.78, 5) is 17.5. The van der Waals surface area contributed by atoms with Crippen molar-refractivity contribution in [3.63, 3.8) is 0 Å². The van der Waals surface area contributed by atoms with Gasteiger partial charge in [0.25, 0.3) is 5.91 Å². The van der Waals surface area contributed by atoms with Gasteiger partial charge in [0.15, 0.2) is 11.9 Å². The highest BCUT2D eigenvalue weighted by Gasteiger charge is 2.26. The van der Waals surface area contributed by atoms with Gasteiger partial charge in [0.1, 0.15) is 6.07 Å². The summed E-state index contributed by atoms with van der Waals surface area (Å²) in [7, 11) is 2.15. The van der Waals surface area contributed by atoms with E-state index < -0.39 is 6.10 Å². The third kappa shape index (κ3) is 4.17. The Morgan fingerprint density at radius 2 is 1.90 bits per heavy atom. The Kier molecular flexibility index (Phi) is 5.73. The minimum atomic E-state index is -0.665. The summed E-state index contributed by atoms with van der Waals surface area (Å²) in [6.45, 7) is 6.10. The second-order valence-electron chi connectivity index (χ2n) is 7.85. The third-order valence-electron chi connectivity index (χ3n) is 5.75. The zero-order valence-corrected chi connectivity index (χ0v) is 17.4. The topological polar surface area (TPSA) is 68.6 Å². The molecule has 1 fully saturated rings. The molecule has 1 unspecified atom stereocenters. The normalized spacial score (nSPS) is 19.0. The first-order valence-corrected chi connectivity index (χ1v) is 10.3. The largest absolute Gasteiger partial charge is 0.470 e. The van der Waals surface area contributed by atoms with E-state index in [1.807, 2.05) is 24.3 Å². The van der Waals surface area contributed by atoms with Crippen molar-refractivity contribution in [3.8, 4) is 17.2 Å². The van der Waals surface area contributed by atoms with E-state index in [1.165, 1.54) is 0 Å². The zero-order valence-electron chi connectivity index (χ0n) is 17.4. The van der Waals surface area contributed by atoms with Crippen molar-refractivity contribution < 1.29 is 9.53 Å². The van der Waals surface area contributed by atoms with Crippen LogP contribution in [0.4, 0.5) is 11.4 Å². The minimum Gasteiger partial charge on any atom is -0.470 e. The fourth-order valence-electron chi connectivity index (χ4n) is 3.91. The molecule has 6 nitrogen and oxygen atoms in total. The van der Waals surface area contributed by atoms with Gasteiger partial charge in [0, 0.05) is 49.5 Å². The number of carbonyl (C=O) groups excluding carboxylic acids is 1. The smallest absolute Gasteiger partial charge is 0.265 e. The van der Waals surface area contributed by atoms with Gasteiger partial charge in [-0.05, 0) is 49.4 Å². The van der Waals surface area contributed by atoms with Crippen LogP contribution in [0.5, 0.6) is 0 Å². The molecule has 154 valence electrons. The lowest BCUT2D eigenvalue weighted by Crippen LogP contribution is -2.44. The summed E-state index contributed by atoms with van der Waals surface area (Å²) < 4.78 is 5.42. The van der Waals surface area contributed by atoms with Crippen molar-refractivity contribution in [1.29, 1.82) is 5.26 Å². The van der Waals surface area contributed by atoms with E-state index >= 15 is 0 Å². The molecular weight excluding hydrogens is 376 g/mol. The average molecular weight is 402 g/mol. The van der Waals surface area contributed by atoms with Gasteiger partial charge in [-0.3, -0.25) is 4.79 Å². The number of likely N-dealkylation sites (N-methyl/N-ethyl adjacent to an activating group) is 1. The molecule has 30 heavy (non-hydrogen) atoms. The maximum absolute atomic E-state index is 12.8. The summed E-state index contributed by atoms with van der Waals surface area (Å²) in [5.41, 5.74) is 5.14. The second kappa shape index (κ2) is 8.60. The van der Waals surface area contributed by atoms with Gasteiger partial charge in [0.05, 0.1) is 0 Å². The van der Waals surface area contributed by atoms with Gasteiger partial charge in [-0.1, -0.05) is 24.3 Å². The Balaban J connectivity index is 1.63. The monoisotopic (exact) mass is 402 g/mol. The van der Waals surface area contributed by atoms with Gasteiger partial charge in [0.2, 0.25) is 0 Å². The first kappa shape index (κ1) is 20.0. The summed E-state index contributed by atoms with van der Waals surface area (Å²) in [6, 6.07) is 16.3. The Morgan fingerprint density at radius 1 is 1.13 bits per heavy atom. The van der Waals surface area contributed by atoms with Crippen molar-refractivity contribution in [2.24, 2.45) is 0 Å². The molecular formula is C24H26N4O2. The molecule has 0 radical (unpaired) electrons. The molecule has 0 saturated carbocycles. The highest BCUT2D eigenvalue weighted by molar-refractivity contribution is 5.99. The summed E-state index contributed by atoms with van der Waals surface area (Å²) in [5, 5.41) is 12.0. The molecule has 4 rings (SSSR count). The van der Waals surface area contributed by atoms with Crippen molar-refractivity contribution in [3.05, 3.63) is 59.9 Å². The number of piperazine rings is 1. The molecule has 2 aromatic carbocycles. The van der Waals surface area contributed by atoms with Crippen molar-refractivity contribution in [1.82, 2.24) is 4.90 Å². The molecule has 2 aliphatic rings. The van der Waals surface area contributed by atoms with Gasteiger partial charge in [-0.15, -0.1) is 0 Å². The van der Waals surface area contributed by atoms with Crippen LogP contribution >= 0.6 is 0 Å². The SMILES string of the molecule is Cc1ccccc1-c1cc(N2CCN(C)CC2)ccc1NC(=O)C1CC=C(C#N)O1. The molecule has 1 N–H and O–H groups in total. The quantitative estimate of drug-likeness (QED) is 0.847. The van der Waals surface area contributed by atoms with Gasteiger partial charge < -0.3 is 19.9 Å². The molecule has 1 amide bonds. The fraction of sp³-hybridized carbons (Fsp3) is 0.333. The number of nitriles is 1. The molecule has 2 heterocycles.